The monoisotopic (exact) mass is 328 g/mol. The standard InChI is InChI=1S/C17H13FN2O4/c1-9-10(7-16(22)23)11-6-15(21)12(18)8-14(11)20(9)17(24)13-4-2-3-5-19-13/h2-6,8,21H,7H2,1H3,(H,22,23). The predicted octanol–water partition coefficient (Wildman–Crippen LogP) is 2.51. The minimum atomic E-state index is -1.09. The van der Waals surface area contributed by atoms with Gasteiger partial charge in [-0.2, -0.15) is 0 Å². The van der Waals surface area contributed by atoms with Gasteiger partial charge < -0.3 is 10.2 Å². The Hall–Kier alpha value is -3.22. The molecule has 0 aliphatic heterocycles. The topological polar surface area (TPSA) is 92.4 Å². The lowest BCUT2D eigenvalue weighted by Crippen LogP contribution is -2.15. The lowest BCUT2D eigenvalue weighted by molar-refractivity contribution is -0.136. The number of carbonyl (C=O) groups is 2. The third-order valence-corrected chi connectivity index (χ3v) is 3.82. The molecule has 0 fully saturated rings. The van der Waals surface area contributed by atoms with Gasteiger partial charge in [0, 0.05) is 23.3 Å². The number of carboxylic acids is 1. The molecule has 0 aliphatic rings. The normalized spacial score (nSPS) is 10.9. The van der Waals surface area contributed by atoms with Gasteiger partial charge >= 0.3 is 5.97 Å². The molecule has 0 atom stereocenters. The Morgan fingerprint density at radius 1 is 1.29 bits per heavy atom. The van der Waals surface area contributed by atoms with Crippen LogP contribution in [-0.4, -0.2) is 31.6 Å². The van der Waals surface area contributed by atoms with Crippen LogP contribution in [0.5, 0.6) is 5.75 Å². The van der Waals surface area contributed by atoms with Crippen LogP contribution >= 0.6 is 0 Å². The summed E-state index contributed by atoms with van der Waals surface area (Å²) in [7, 11) is 0. The highest BCUT2D eigenvalue weighted by molar-refractivity contribution is 6.04. The van der Waals surface area contributed by atoms with Crippen LogP contribution in [0, 0.1) is 12.7 Å². The summed E-state index contributed by atoms with van der Waals surface area (Å²) in [5.41, 5.74) is 1.05. The van der Waals surface area contributed by atoms with Gasteiger partial charge in [0.1, 0.15) is 5.69 Å². The molecule has 2 N–H and O–H groups in total. The number of hydrogen-bond acceptors (Lipinski definition) is 4. The quantitative estimate of drug-likeness (QED) is 0.770. The molecular formula is C17H13FN2O4. The van der Waals surface area contributed by atoms with Crippen molar-refractivity contribution in [3.05, 3.63) is 59.3 Å². The lowest BCUT2D eigenvalue weighted by Gasteiger charge is -2.07. The molecule has 3 rings (SSSR count). The summed E-state index contributed by atoms with van der Waals surface area (Å²) in [6.45, 7) is 1.58. The lowest BCUT2D eigenvalue weighted by atomic mass is 10.1. The van der Waals surface area contributed by atoms with Crippen LogP contribution in [0.15, 0.2) is 36.5 Å². The van der Waals surface area contributed by atoms with Crippen LogP contribution in [0.3, 0.4) is 0 Å². The van der Waals surface area contributed by atoms with Crippen LogP contribution in [0.4, 0.5) is 4.39 Å². The molecule has 7 heteroatoms. The van der Waals surface area contributed by atoms with Crippen LogP contribution in [0.2, 0.25) is 0 Å². The molecular weight excluding hydrogens is 315 g/mol. The van der Waals surface area contributed by atoms with Gasteiger partial charge in [0.05, 0.1) is 11.9 Å². The highest BCUT2D eigenvalue weighted by Gasteiger charge is 2.23. The summed E-state index contributed by atoms with van der Waals surface area (Å²) >= 11 is 0. The highest BCUT2D eigenvalue weighted by Crippen LogP contribution is 2.31. The molecule has 0 spiro atoms. The summed E-state index contributed by atoms with van der Waals surface area (Å²) in [5.74, 6) is -3.08. The molecule has 122 valence electrons. The van der Waals surface area contributed by atoms with Crippen molar-refractivity contribution in [1.82, 2.24) is 9.55 Å². The zero-order chi connectivity index (χ0) is 17.4. The van der Waals surface area contributed by atoms with Crippen molar-refractivity contribution in [2.45, 2.75) is 13.3 Å². The number of aromatic nitrogens is 2. The van der Waals surface area contributed by atoms with Crippen LogP contribution < -0.4 is 0 Å². The second-order valence-corrected chi connectivity index (χ2v) is 5.31. The van der Waals surface area contributed by atoms with E-state index in [2.05, 4.69) is 4.98 Å². The van der Waals surface area contributed by atoms with Crippen LogP contribution in [0.25, 0.3) is 10.9 Å². The Morgan fingerprint density at radius 3 is 2.67 bits per heavy atom. The maximum atomic E-state index is 13.8. The first-order valence-electron chi connectivity index (χ1n) is 7.10. The second-order valence-electron chi connectivity index (χ2n) is 5.31. The first-order chi connectivity index (χ1) is 11.4. The van der Waals surface area contributed by atoms with Gasteiger partial charge in [-0.05, 0) is 30.7 Å². The fourth-order valence-electron chi connectivity index (χ4n) is 2.73. The molecule has 0 unspecified atom stereocenters. The Labute approximate surface area is 135 Å². The van der Waals surface area contributed by atoms with E-state index < -0.39 is 23.4 Å². The van der Waals surface area contributed by atoms with Gasteiger partial charge in [-0.25, -0.2) is 4.39 Å². The number of fused-ring (bicyclic) bond motifs is 1. The molecule has 2 heterocycles. The van der Waals surface area contributed by atoms with E-state index in [4.69, 9.17) is 5.11 Å². The number of halogens is 1. The zero-order valence-electron chi connectivity index (χ0n) is 12.7. The number of pyridine rings is 1. The Kier molecular flexibility index (Phi) is 3.76. The summed E-state index contributed by atoms with van der Waals surface area (Å²) < 4.78 is 15.0. The van der Waals surface area contributed by atoms with Gasteiger partial charge in [-0.1, -0.05) is 6.07 Å². The van der Waals surface area contributed by atoms with Crippen molar-refractivity contribution in [3.8, 4) is 5.75 Å². The molecule has 0 saturated carbocycles. The minimum Gasteiger partial charge on any atom is -0.505 e. The maximum Gasteiger partial charge on any atom is 0.307 e. The maximum absolute atomic E-state index is 13.8. The number of carboxylic acid groups (broad SMARTS) is 1. The van der Waals surface area contributed by atoms with E-state index in [1.807, 2.05) is 0 Å². The van der Waals surface area contributed by atoms with Gasteiger partial charge in [-0.15, -0.1) is 0 Å². The Balaban J connectivity index is 2.31. The molecule has 0 saturated heterocycles. The molecule has 24 heavy (non-hydrogen) atoms. The number of phenols is 1. The van der Waals surface area contributed by atoms with Crippen molar-refractivity contribution in [3.63, 3.8) is 0 Å². The smallest absolute Gasteiger partial charge is 0.307 e. The fraction of sp³-hybridized carbons (Fsp3) is 0.118. The molecule has 3 aromatic rings. The summed E-state index contributed by atoms with van der Waals surface area (Å²) in [6.07, 6.45) is 1.11. The number of phenolic OH excluding ortho intramolecular Hbond substituents is 1. The van der Waals surface area contributed by atoms with Gasteiger partial charge in [0.25, 0.3) is 5.91 Å². The predicted molar refractivity (Wildman–Crippen MR) is 83.6 cm³/mol. The largest absolute Gasteiger partial charge is 0.505 e. The highest BCUT2D eigenvalue weighted by atomic mass is 19.1. The summed E-state index contributed by atoms with van der Waals surface area (Å²) in [5, 5.41) is 19.0. The molecule has 2 aromatic heterocycles. The van der Waals surface area contributed by atoms with E-state index in [0.717, 1.165) is 12.1 Å². The van der Waals surface area contributed by atoms with Crippen LogP contribution in [0.1, 0.15) is 21.7 Å². The SMILES string of the molecule is Cc1c(CC(=O)O)c2cc(O)c(F)cc2n1C(=O)c1ccccn1. The molecule has 1 aromatic carbocycles. The third kappa shape index (κ3) is 2.50. The molecule has 0 bridgehead atoms. The van der Waals surface area contributed by atoms with Gasteiger partial charge in [0.15, 0.2) is 11.6 Å². The summed E-state index contributed by atoms with van der Waals surface area (Å²) in [6, 6.07) is 6.97. The van der Waals surface area contributed by atoms with Crippen molar-refractivity contribution in [2.75, 3.05) is 0 Å². The number of benzene rings is 1. The number of nitrogens with zero attached hydrogens (tertiary/aromatic N) is 2. The Bertz CT molecular complexity index is 964. The molecule has 0 aliphatic carbocycles. The van der Waals surface area contributed by atoms with Crippen molar-refractivity contribution in [1.29, 1.82) is 0 Å². The van der Waals surface area contributed by atoms with E-state index in [0.29, 0.717) is 16.6 Å². The fourth-order valence-corrected chi connectivity index (χ4v) is 2.73. The first-order valence-corrected chi connectivity index (χ1v) is 7.10. The van der Waals surface area contributed by atoms with Crippen molar-refractivity contribution >= 4 is 22.8 Å². The van der Waals surface area contributed by atoms with E-state index in [1.54, 1.807) is 19.1 Å². The van der Waals surface area contributed by atoms with E-state index in [9.17, 15) is 19.1 Å². The Morgan fingerprint density at radius 2 is 2.04 bits per heavy atom. The van der Waals surface area contributed by atoms with Crippen molar-refractivity contribution < 1.29 is 24.2 Å². The summed E-state index contributed by atoms with van der Waals surface area (Å²) in [4.78, 5) is 27.9. The van der Waals surface area contributed by atoms with Crippen molar-refractivity contribution in [2.24, 2.45) is 0 Å². The average molecular weight is 328 g/mol. The third-order valence-electron chi connectivity index (χ3n) is 3.82. The molecule has 6 nitrogen and oxygen atoms in total. The molecule has 0 amide bonds. The number of aromatic hydroxyl groups is 1. The molecule has 0 radical (unpaired) electrons. The second kappa shape index (κ2) is 5.77. The number of carbonyl (C=O) groups excluding carboxylic acids is 1. The average Bonchev–Trinajstić information content (AvgIpc) is 2.80. The number of aliphatic carboxylic acids is 1. The van der Waals surface area contributed by atoms with E-state index in [1.165, 1.54) is 16.8 Å². The van der Waals surface area contributed by atoms with E-state index >= 15 is 0 Å². The zero-order valence-corrected chi connectivity index (χ0v) is 12.7. The van der Waals surface area contributed by atoms with Crippen LogP contribution in [-0.2, 0) is 11.2 Å². The first kappa shape index (κ1) is 15.7. The minimum absolute atomic E-state index is 0.146. The van der Waals surface area contributed by atoms with Gasteiger partial charge in [-0.3, -0.25) is 19.1 Å². The number of rotatable bonds is 3. The van der Waals surface area contributed by atoms with E-state index in [-0.39, 0.29) is 17.6 Å². The number of hydrogen-bond donors (Lipinski definition) is 2. The van der Waals surface area contributed by atoms with Gasteiger partial charge in [0.2, 0.25) is 0 Å².